The van der Waals surface area contributed by atoms with Crippen molar-refractivity contribution in [3.63, 3.8) is 0 Å². The average Bonchev–Trinajstić information content (AvgIpc) is 2.70. The SMILES string of the molecule is COC(=O)CC(C)NC(C)C1CCCC1. The minimum atomic E-state index is -0.131. The summed E-state index contributed by atoms with van der Waals surface area (Å²) < 4.78 is 4.65. The molecule has 15 heavy (non-hydrogen) atoms. The van der Waals surface area contributed by atoms with E-state index in [9.17, 15) is 4.79 Å². The maximum Gasteiger partial charge on any atom is 0.307 e. The van der Waals surface area contributed by atoms with Gasteiger partial charge in [0.2, 0.25) is 0 Å². The van der Waals surface area contributed by atoms with Crippen LogP contribution in [0.5, 0.6) is 0 Å². The predicted octanol–water partition coefficient (Wildman–Crippen LogP) is 2.11. The van der Waals surface area contributed by atoms with Gasteiger partial charge in [-0.25, -0.2) is 0 Å². The van der Waals surface area contributed by atoms with E-state index in [4.69, 9.17) is 0 Å². The lowest BCUT2D eigenvalue weighted by molar-refractivity contribution is -0.141. The lowest BCUT2D eigenvalue weighted by atomic mass is 9.99. The minimum Gasteiger partial charge on any atom is -0.469 e. The molecular formula is C12H23NO2. The zero-order valence-electron chi connectivity index (χ0n) is 10.1. The maximum absolute atomic E-state index is 11.1. The third kappa shape index (κ3) is 4.20. The smallest absolute Gasteiger partial charge is 0.307 e. The van der Waals surface area contributed by atoms with Gasteiger partial charge in [-0.05, 0) is 32.6 Å². The van der Waals surface area contributed by atoms with E-state index in [0.29, 0.717) is 12.5 Å². The van der Waals surface area contributed by atoms with Crippen molar-refractivity contribution in [2.75, 3.05) is 7.11 Å². The van der Waals surface area contributed by atoms with Crippen LogP contribution in [0.2, 0.25) is 0 Å². The minimum absolute atomic E-state index is 0.131. The fourth-order valence-electron chi connectivity index (χ4n) is 2.43. The summed E-state index contributed by atoms with van der Waals surface area (Å²) in [6, 6.07) is 0.736. The molecule has 3 heteroatoms. The molecule has 2 unspecified atom stereocenters. The molecule has 3 nitrogen and oxygen atoms in total. The molecule has 1 saturated carbocycles. The number of rotatable bonds is 5. The number of nitrogens with one attached hydrogen (secondary N) is 1. The second-order valence-corrected chi connectivity index (χ2v) is 4.68. The van der Waals surface area contributed by atoms with E-state index in [1.54, 1.807) is 0 Å². The second kappa shape index (κ2) is 6.11. The van der Waals surface area contributed by atoms with Gasteiger partial charge in [-0.15, -0.1) is 0 Å². The van der Waals surface area contributed by atoms with Gasteiger partial charge in [-0.1, -0.05) is 12.8 Å². The molecule has 0 bridgehead atoms. The quantitative estimate of drug-likeness (QED) is 0.711. The number of methoxy groups -OCH3 is 1. The molecule has 0 spiro atoms. The maximum atomic E-state index is 11.1. The first-order valence-corrected chi connectivity index (χ1v) is 5.96. The molecule has 2 atom stereocenters. The Labute approximate surface area is 92.6 Å². The molecule has 88 valence electrons. The molecule has 0 saturated heterocycles. The van der Waals surface area contributed by atoms with Crippen LogP contribution in [0.3, 0.4) is 0 Å². The Bertz CT molecular complexity index is 200. The molecule has 0 aromatic heterocycles. The van der Waals surface area contributed by atoms with Crippen LogP contribution in [-0.2, 0) is 9.53 Å². The summed E-state index contributed by atoms with van der Waals surface area (Å²) in [6.45, 7) is 4.27. The van der Waals surface area contributed by atoms with Crippen molar-refractivity contribution in [1.29, 1.82) is 0 Å². The molecule has 0 aromatic carbocycles. The fourth-order valence-corrected chi connectivity index (χ4v) is 2.43. The van der Waals surface area contributed by atoms with E-state index in [0.717, 1.165) is 5.92 Å². The van der Waals surface area contributed by atoms with Crippen molar-refractivity contribution in [3.8, 4) is 0 Å². The molecule has 1 rings (SSSR count). The molecular weight excluding hydrogens is 190 g/mol. The highest BCUT2D eigenvalue weighted by atomic mass is 16.5. The van der Waals surface area contributed by atoms with Crippen molar-refractivity contribution in [2.24, 2.45) is 5.92 Å². The topological polar surface area (TPSA) is 38.3 Å². The Morgan fingerprint density at radius 2 is 2.00 bits per heavy atom. The van der Waals surface area contributed by atoms with Gasteiger partial charge in [0.1, 0.15) is 0 Å². The second-order valence-electron chi connectivity index (χ2n) is 4.68. The number of esters is 1. The van der Waals surface area contributed by atoms with Crippen LogP contribution in [-0.4, -0.2) is 25.2 Å². The molecule has 1 N–H and O–H groups in total. The molecule has 0 aromatic rings. The summed E-state index contributed by atoms with van der Waals surface area (Å²) in [5.41, 5.74) is 0. The molecule has 0 aliphatic heterocycles. The highest BCUT2D eigenvalue weighted by Crippen LogP contribution is 2.27. The summed E-state index contributed by atoms with van der Waals surface area (Å²) in [5, 5.41) is 3.49. The zero-order chi connectivity index (χ0) is 11.3. The van der Waals surface area contributed by atoms with E-state index in [2.05, 4.69) is 17.0 Å². The van der Waals surface area contributed by atoms with E-state index in [1.165, 1.54) is 32.8 Å². The number of ether oxygens (including phenoxy) is 1. The summed E-state index contributed by atoms with van der Waals surface area (Å²) in [7, 11) is 1.44. The average molecular weight is 213 g/mol. The van der Waals surface area contributed by atoms with E-state index < -0.39 is 0 Å². The first-order valence-electron chi connectivity index (χ1n) is 5.96. The number of hydrogen-bond acceptors (Lipinski definition) is 3. The highest BCUT2D eigenvalue weighted by Gasteiger charge is 2.22. The van der Waals surface area contributed by atoms with Crippen LogP contribution in [0.15, 0.2) is 0 Å². The molecule has 0 heterocycles. The van der Waals surface area contributed by atoms with Crippen molar-refractivity contribution in [1.82, 2.24) is 5.32 Å². The number of hydrogen-bond donors (Lipinski definition) is 1. The normalized spacial score (nSPS) is 21.3. The van der Waals surface area contributed by atoms with Gasteiger partial charge in [-0.2, -0.15) is 0 Å². The molecule has 1 aliphatic rings. The summed E-state index contributed by atoms with van der Waals surface area (Å²) >= 11 is 0. The van der Waals surface area contributed by atoms with Crippen molar-refractivity contribution in [3.05, 3.63) is 0 Å². The van der Waals surface area contributed by atoms with Crippen molar-refractivity contribution in [2.45, 2.75) is 58.0 Å². The van der Waals surface area contributed by atoms with E-state index >= 15 is 0 Å². The lowest BCUT2D eigenvalue weighted by Gasteiger charge is -2.24. The van der Waals surface area contributed by atoms with Crippen LogP contribution in [0, 0.1) is 5.92 Å². The Morgan fingerprint density at radius 3 is 2.53 bits per heavy atom. The summed E-state index contributed by atoms with van der Waals surface area (Å²) in [4.78, 5) is 11.1. The van der Waals surface area contributed by atoms with E-state index in [1.807, 2.05) is 6.92 Å². The lowest BCUT2D eigenvalue weighted by Crippen LogP contribution is -2.39. The summed E-state index contributed by atoms with van der Waals surface area (Å²) in [5.74, 6) is 0.665. The first kappa shape index (κ1) is 12.5. The molecule has 1 aliphatic carbocycles. The zero-order valence-corrected chi connectivity index (χ0v) is 10.1. The van der Waals surface area contributed by atoms with E-state index in [-0.39, 0.29) is 12.0 Å². The van der Waals surface area contributed by atoms with Gasteiger partial charge >= 0.3 is 5.97 Å². The largest absolute Gasteiger partial charge is 0.469 e. The highest BCUT2D eigenvalue weighted by molar-refractivity contribution is 5.69. The molecule has 1 fully saturated rings. The molecule has 0 amide bonds. The van der Waals surface area contributed by atoms with Gasteiger partial charge in [0, 0.05) is 12.1 Å². The van der Waals surface area contributed by atoms with Crippen molar-refractivity contribution < 1.29 is 9.53 Å². The Kier molecular flexibility index (Phi) is 5.09. The summed E-state index contributed by atoms with van der Waals surface area (Å²) in [6.07, 6.45) is 5.86. The standard InChI is InChI=1S/C12H23NO2/c1-9(8-12(14)15-3)13-10(2)11-6-4-5-7-11/h9-11,13H,4-8H2,1-3H3. The monoisotopic (exact) mass is 213 g/mol. The Morgan fingerprint density at radius 1 is 1.40 bits per heavy atom. The van der Waals surface area contributed by atoms with Crippen LogP contribution in [0.25, 0.3) is 0 Å². The predicted molar refractivity (Wildman–Crippen MR) is 60.7 cm³/mol. The Balaban J connectivity index is 2.23. The van der Waals surface area contributed by atoms with Gasteiger partial charge in [0.15, 0.2) is 0 Å². The van der Waals surface area contributed by atoms with Crippen LogP contribution in [0.4, 0.5) is 0 Å². The third-order valence-electron chi connectivity index (χ3n) is 3.35. The molecule has 0 radical (unpaired) electrons. The fraction of sp³-hybridized carbons (Fsp3) is 0.917. The van der Waals surface area contributed by atoms with Gasteiger partial charge in [-0.3, -0.25) is 4.79 Å². The van der Waals surface area contributed by atoms with Gasteiger partial charge in [0.25, 0.3) is 0 Å². The number of carbonyl (C=O) groups is 1. The number of carbonyl (C=O) groups excluding carboxylic acids is 1. The van der Waals surface area contributed by atoms with Crippen LogP contribution < -0.4 is 5.32 Å². The van der Waals surface area contributed by atoms with Gasteiger partial charge in [0.05, 0.1) is 13.5 Å². The van der Waals surface area contributed by atoms with Crippen LogP contribution >= 0.6 is 0 Å². The van der Waals surface area contributed by atoms with Crippen molar-refractivity contribution >= 4 is 5.97 Å². The van der Waals surface area contributed by atoms with Crippen LogP contribution in [0.1, 0.15) is 46.0 Å². The Hall–Kier alpha value is -0.570. The first-order chi connectivity index (χ1) is 7.13. The third-order valence-corrected chi connectivity index (χ3v) is 3.35. The van der Waals surface area contributed by atoms with Gasteiger partial charge < -0.3 is 10.1 Å².